The second-order valence-electron chi connectivity index (χ2n) is 9.80. The van der Waals surface area contributed by atoms with Crippen LogP contribution in [0.2, 0.25) is 0 Å². The van der Waals surface area contributed by atoms with Gasteiger partial charge in [0.1, 0.15) is 5.82 Å². The van der Waals surface area contributed by atoms with E-state index in [0.29, 0.717) is 54.7 Å². The molecule has 3 aromatic rings. The number of anilines is 4. The number of methoxy groups -OCH3 is 1. The molecule has 0 unspecified atom stereocenters. The topological polar surface area (TPSA) is 143 Å². The van der Waals surface area contributed by atoms with Crippen molar-refractivity contribution in [3.63, 3.8) is 0 Å². The number of fused-ring (bicyclic) bond motifs is 1. The van der Waals surface area contributed by atoms with Gasteiger partial charge in [-0.1, -0.05) is 42.5 Å². The molecule has 5 rings (SSSR count). The van der Waals surface area contributed by atoms with Gasteiger partial charge >= 0.3 is 0 Å². The first kappa shape index (κ1) is 28.9. The third-order valence-corrected chi connectivity index (χ3v) is 7.12. The number of benzene rings is 2. The van der Waals surface area contributed by atoms with Crippen LogP contribution >= 0.6 is 0 Å². The molecule has 0 spiro atoms. The Morgan fingerprint density at radius 3 is 2.21 bits per heavy atom. The van der Waals surface area contributed by atoms with E-state index in [9.17, 15) is 19.2 Å². The van der Waals surface area contributed by atoms with Gasteiger partial charge in [-0.3, -0.25) is 24.6 Å². The summed E-state index contributed by atoms with van der Waals surface area (Å²) in [5.41, 5.74) is 5.99. The Morgan fingerprint density at radius 1 is 0.814 bits per heavy atom. The summed E-state index contributed by atoms with van der Waals surface area (Å²) < 4.78 is 5.13. The number of hydrogen-bond donors (Lipinski definition) is 4. The predicted octanol–water partition coefficient (Wildman–Crippen LogP) is 3.29. The van der Waals surface area contributed by atoms with Crippen LogP contribution < -0.4 is 43.2 Å². The van der Waals surface area contributed by atoms with E-state index in [0.717, 1.165) is 17.7 Å². The van der Waals surface area contributed by atoms with Gasteiger partial charge in [0.05, 0.1) is 40.4 Å². The van der Waals surface area contributed by atoms with E-state index < -0.39 is 32.2 Å². The van der Waals surface area contributed by atoms with Crippen molar-refractivity contribution in [2.75, 3.05) is 48.3 Å². The van der Waals surface area contributed by atoms with E-state index in [-0.39, 0.29) is 16.5 Å². The highest BCUT2D eigenvalue weighted by Gasteiger charge is 2.19. The van der Waals surface area contributed by atoms with Crippen LogP contribution in [0.4, 0.5) is 28.7 Å². The van der Waals surface area contributed by atoms with Crippen LogP contribution in [-0.2, 0) is 11.2 Å². The van der Waals surface area contributed by atoms with Gasteiger partial charge in [-0.2, -0.15) is 0 Å². The van der Waals surface area contributed by atoms with Crippen LogP contribution in [0, 0.1) is 23.9 Å². The van der Waals surface area contributed by atoms with E-state index in [1.165, 1.54) is 6.07 Å². The molecule has 0 fully saturated rings. The van der Waals surface area contributed by atoms with Gasteiger partial charge in [0.15, 0.2) is 22.1 Å². The highest BCUT2D eigenvalue weighted by atomic mass is 16.5. The lowest BCUT2D eigenvalue weighted by Crippen LogP contribution is -2.28. The Kier molecular flexibility index (Phi) is 8.41. The lowest BCUT2D eigenvalue weighted by molar-refractivity contribution is 0.210. The summed E-state index contributed by atoms with van der Waals surface area (Å²) in [6, 6.07) is 16.5. The summed E-state index contributed by atoms with van der Waals surface area (Å²) in [5, 5.41) is 5.65. The number of hydrazine groups is 1. The second kappa shape index (κ2) is 12.5. The molecular weight excluding hydrogens is 548 g/mol. The normalized spacial score (nSPS) is 10.9. The van der Waals surface area contributed by atoms with Crippen molar-refractivity contribution in [1.82, 2.24) is 4.98 Å². The molecule has 0 bridgehead atoms. The molecule has 0 aliphatic heterocycles. The molecule has 2 aliphatic rings. The highest BCUT2D eigenvalue weighted by Crippen LogP contribution is 2.37. The minimum atomic E-state index is -0.715. The number of nitrogens with one attached hydrogen (secondary N) is 4. The molecule has 1 heterocycles. The number of ether oxygens (including phenoxy) is 1. The smallest absolute Gasteiger partial charge is 0.233 e. The second-order valence-corrected chi connectivity index (χ2v) is 9.80. The number of rotatable bonds is 11. The Bertz CT molecular complexity index is 2140. The van der Waals surface area contributed by atoms with Gasteiger partial charge in [0.25, 0.3) is 0 Å². The summed E-state index contributed by atoms with van der Waals surface area (Å²) >= 11 is 0. The van der Waals surface area contributed by atoms with E-state index in [4.69, 9.17) is 16.3 Å². The van der Waals surface area contributed by atoms with Crippen molar-refractivity contribution in [2.24, 2.45) is 0 Å². The number of hydrogen-bond acceptors (Lipinski definition) is 10. The van der Waals surface area contributed by atoms with Crippen LogP contribution in [-0.4, -0.2) is 31.8 Å². The molecule has 2 aromatic carbocycles. The summed E-state index contributed by atoms with van der Waals surface area (Å²) in [7, 11) is 1.59. The van der Waals surface area contributed by atoms with Crippen LogP contribution in [0.25, 0.3) is 15.6 Å². The lowest BCUT2D eigenvalue weighted by Gasteiger charge is -2.21. The molecule has 43 heavy (non-hydrogen) atoms. The van der Waals surface area contributed by atoms with Crippen LogP contribution in [0.1, 0.15) is 11.1 Å². The zero-order valence-electron chi connectivity index (χ0n) is 23.5. The lowest BCUT2D eigenvalue weighted by atomic mass is 10.0. The molecule has 0 amide bonds. The summed E-state index contributed by atoms with van der Waals surface area (Å²) in [4.78, 5) is 60.1. The first-order valence-corrected chi connectivity index (χ1v) is 13.5. The number of nitrogens with zero attached hydrogens (tertiary/aromatic N) is 2. The third kappa shape index (κ3) is 5.64. The van der Waals surface area contributed by atoms with Gasteiger partial charge in [-0.15, -0.1) is 0 Å². The Balaban J connectivity index is 1.57. The fraction of sp³-hybridized carbons (Fsp3) is 0.188. The van der Waals surface area contributed by atoms with Crippen LogP contribution in [0.3, 0.4) is 0 Å². The summed E-state index contributed by atoms with van der Waals surface area (Å²) in [5.74, 6) is 0.840. The minimum absolute atomic E-state index is 0.0163. The molecule has 1 aromatic heterocycles. The van der Waals surface area contributed by atoms with E-state index in [1.54, 1.807) is 26.2 Å². The van der Waals surface area contributed by atoms with Crippen LogP contribution in [0.5, 0.6) is 0 Å². The van der Waals surface area contributed by atoms with Crippen molar-refractivity contribution in [3.8, 4) is 0 Å². The third-order valence-electron chi connectivity index (χ3n) is 7.12. The fourth-order valence-electron chi connectivity index (χ4n) is 4.97. The standard InChI is InChI=1S/C32H28N6O5/c1-18-27(33-2)31(35-16-17-43-3)36-32(34-15-14-19-8-5-4-6-9-19)28(18)38-37-21-11-7-10-20-24(21)30(42)26-23(40)13-12-22(39)25(26)29(20)41/h4-13,37-38H,14-17H2,1,3H3,(H2,34,35,36). The van der Waals surface area contributed by atoms with Crippen LogP contribution in [0.15, 0.2) is 79.8 Å². The quantitative estimate of drug-likeness (QED) is 0.105. The molecule has 11 heteroatoms. The van der Waals surface area contributed by atoms with Crippen molar-refractivity contribution in [2.45, 2.75) is 13.3 Å². The van der Waals surface area contributed by atoms with Gasteiger partial charge in [-0.05, 0) is 42.7 Å². The molecule has 4 N–H and O–H groups in total. The number of pyridine rings is 1. The molecule has 2 aliphatic carbocycles. The van der Waals surface area contributed by atoms with E-state index in [2.05, 4.69) is 26.3 Å². The summed E-state index contributed by atoms with van der Waals surface area (Å²) in [6.07, 6.45) is 0.715. The van der Waals surface area contributed by atoms with Crippen molar-refractivity contribution in [1.29, 1.82) is 0 Å². The predicted molar refractivity (Wildman–Crippen MR) is 168 cm³/mol. The van der Waals surface area contributed by atoms with Gasteiger partial charge in [0.2, 0.25) is 11.1 Å². The Morgan fingerprint density at radius 2 is 1.51 bits per heavy atom. The van der Waals surface area contributed by atoms with E-state index >= 15 is 0 Å². The maximum Gasteiger partial charge on any atom is 0.233 e. The van der Waals surface area contributed by atoms with E-state index in [1.807, 2.05) is 30.3 Å². The summed E-state index contributed by atoms with van der Waals surface area (Å²) in [6.45, 7) is 11.0. The maximum atomic E-state index is 13.5. The molecule has 0 saturated carbocycles. The van der Waals surface area contributed by atoms with Gasteiger partial charge < -0.3 is 20.8 Å². The average Bonchev–Trinajstić information content (AvgIpc) is 3.01. The zero-order valence-corrected chi connectivity index (χ0v) is 23.5. The minimum Gasteiger partial charge on any atom is -0.383 e. The maximum absolute atomic E-state index is 13.5. The average molecular weight is 577 g/mol. The molecular formula is C32H28N6O5. The number of aromatic nitrogens is 1. The van der Waals surface area contributed by atoms with Gasteiger partial charge in [0, 0.05) is 25.6 Å². The first-order valence-electron chi connectivity index (χ1n) is 13.5. The van der Waals surface area contributed by atoms with Crippen molar-refractivity contribution < 1.29 is 4.74 Å². The Hall–Kier alpha value is -5.60. The largest absolute Gasteiger partial charge is 0.383 e. The molecule has 216 valence electrons. The SMILES string of the molecule is [C-]#[N+]c1c(NCCOC)nc(NCCc2ccccc2)c(NNc2cccc3c(=O)c4c(=O)ccc(=O)c=4c(=O)c23)c1C. The fourth-order valence-corrected chi connectivity index (χ4v) is 4.97. The Labute approximate surface area is 245 Å². The molecule has 0 saturated heterocycles. The monoisotopic (exact) mass is 576 g/mol. The molecule has 11 nitrogen and oxygen atoms in total. The first-order chi connectivity index (χ1) is 20.8. The van der Waals surface area contributed by atoms with Gasteiger partial charge in [-0.25, -0.2) is 9.83 Å². The molecule has 0 radical (unpaired) electrons. The zero-order chi connectivity index (χ0) is 30.5. The molecule has 0 atom stereocenters. The van der Waals surface area contributed by atoms with Crippen molar-refractivity contribution >= 4 is 39.5 Å². The van der Waals surface area contributed by atoms with Crippen molar-refractivity contribution in [3.05, 3.63) is 135 Å². The highest BCUT2D eigenvalue weighted by molar-refractivity contribution is 5.94.